The summed E-state index contributed by atoms with van der Waals surface area (Å²) in [7, 11) is 0. The molecule has 0 bridgehead atoms. The number of benzene rings is 4. The van der Waals surface area contributed by atoms with E-state index >= 15 is 4.39 Å². The van der Waals surface area contributed by atoms with E-state index < -0.39 is 6.61 Å². The number of hydrogen-bond acceptors (Lipinski definition) is 1. The van der Waals surface area contributed by atoms with Crippen molar-refractivity contribution in [2.24, 2.45) is 0 Å². The molecular formula is C27H19F3O. The normalized spacial score (nSPS) is 10.7. The third-order valence-electron chi connectivity index (χ3n) is 5.06. The van der Waals surface area contributed by atoms with Crippen molar-refractivity contribution in [3.8, 4) is 28.7 Å². The highest BCUT2D eigenvalue weighted by atomic mass is 19.3. The molecule has 0 N–H and O–H groups in total. The second-order valence-electron chi connectivity index (χ2n) is 7.07. The van der Waals surface area contributed by atoms with Gasteiger partial charge in [-0.1, -0.05) is 61.2 Å². The van der Waals surface area contributed by atoms with E-state index in [0.717, 1.165) is 22.9 Å². The molecule has 0 atom stereocenters. The van der Waals surface area contributed by atoms with Crippen LogP contribution in [-0.2, 0) is 6.42 Å². The van der Waals surface area contributed by atoms with Gasteiger partial charge < -0.3 is 4.74 Å². The highest BCUT2D eigenvalue weighted by Crippen LogP contribution is 2.30. The summed E-state index contributed by atoms with van der Waals surface area (Å²) in [5, 5.41) is 1.22. The molecule has 0 aromatic heterocycles. The summed E-state index contributed by atoms with van der Waals surface area (Å²) in [5.74, 6) is 5.94. The average Bonchev–Trinajstić information content (AvgIpc) is 2.78. The van der Waals surface area contributed by atoms with Crippen LogP contribution in [0.3, 0.4) is 0 Å². The van der Waals surface area contributed by atoms with Crippen molar-refractivity contribution >= 4 is 10.8 Å². The predicted octanol–water partition coefficient (Wildman–Crippen LogP) is 7.21. The van der Waals surface area contributed by atoms with Crippen molar-refractivity contribution in [1.29, 1.82) is 0 Å². The van der Waals surface area contributed by atoms with Gasteiger partial charge in [0.05, 0.1) is 0 Å². The van der Waals surface area contributed by atoms with Crippen molar-refractivity contribution in [2.45, 2.75) is 20.0 Å². The number of rotatable bonds is 4. The Morgan fingerprint density at radius 1 is 0.806 bits per heavy atom. The van der Waals surface area contributed by atoms with E-state index in [0.29, 0.717) is 16.5 Å². The van der Waals surface area contributed by atoms with Gasteiger partial charge in [0.25, 0.3) is 0 Å². The lowest BCUT2D eigenvalue weighted by atomic mass is 9.99. The molecule has 0 radical (unpaired) electrons. The topological polar surface area (TPSA) is 9.23 Å². The van der Waals surface area contributed by atoms with E-state index in [2.05, 4.69) is 35.6 Å². The highest BCUT2D eigenvalue weighted by Gasteiger charge is 2.11. The van der Waals surface area contributed by atoms with Crippen LogP contribution in [0.2, 0.25) is 0 Å². The smallest absolute Gasteiger partial charge is 0.387 e. The number of hydrogen-bond donors (Lipinski definition) is 0. The largest absolute Gasteiger partial charge is 0.435 e. The molecule has 4 heteroatoms. The van der Waals surface area contributed by atoms with Crippen molar-refractivity contribution in [2.75, 3.05) is 0 Å². The molecule has 4 aromatic rings. The van der Waals surface area contributed by atoms with E-state index in [1.807, 2.05) is 24.3 Å². The van der Waals surface area contributed by atoms with Crippen molar-refractivity contribution in [1.82, 2.24) is 0 Å². The number of aryl methyl sites for hydroxylation is 1. The Labute approximate surface area is 179 Å². The molecule has 0 amide bonds. The first-order valence-corrected chi connectivity index (χ1v) is 9.92. The zero-order valence-corrected chi connectivity index (χ0v) is 16.8. The Morgan fingerprint density at radius 2 is 1.48 bits per heavy atom. The van der Waals surface area contributed by atoms with Gasteiger partial charge in [0.1, 0.15) is 11.6 Å². The van der Waals surface area contributed by atoms with Crippen molar-refractivity contribution < 1.29 is 17.9 Å². The fraction of sp³-hybridized carbons (Fsp3) is 0.111. The lowest BCUT2D eigenvalue weighted by Gasteiger charge is -2.09. The molecule has 0 aliphatic carbocycles. The van der Waals surface area contributed by atoms with Gasteiger partial charge in [-0.25, -0.2) is 4.39 Å². The number of ether oxygens (including phenoxy) is 1. The highest BCUT2D eigenvalue weighted by molar-refractivity contribution is 5.89. The summed E-state index contributed by atoms with van der Waals surface area (Å²) in [4.78, 5) is 0. The molecule has 0 unspecified atom stereocenters. The van der Waals surface area contributed by atoms with Gasteiger partial charge >= 0.3 is 6.61 Å². The summed E-state index contributed by atoms with van der Waals surface area (Å²) in [6.07, 6.45) is 0.986. The first kappa shape index (κ1) is 20.6. The maximum atomic E-state index is 15.1. The number of halogens is 3. The fourth-order valence-corrected chi connectivity index (χ4v) is 3.38. The van der Waals surface area contributed by atoms with Crippen LogP contribution in [0.4, 0.5) is 13.2 Å². The van der Waals surface area contributed by atoms with Crippen LogP contribution in [0.25, 0.3) is 21.9 Å². The van der Waals surface area contributed by atoms with Gasteiger partial charge in [0.15, 0.2) is 0 Å². The molecule has 0 fully saturated rings. The molecule has 154 valence electrons. The SMILES string of the molecule is CCc1ccc(C#Cc2ccc3c(F)c(-c4ccc(OC(F)F)cc4)ccc3c2)cc1. The van der Waals surface area contributed by atoms with Crippen molar-refractivity contribution in [3.63, 3.8) is 0 Å². The summed E-state index contributed by atoms with van der Waals surface area (Å²) < 4.78 is 44.1. The number of alkyl halides is 2. The van der Waals surface area contributed by atoms with Crippen LogP contribution in [-0.4, -0.2) is 6.61 Å². The second kappa shape index (κ2) is 8.97. The molecular weight excluding hydrogens is 397 g/mol. The molecule has 4 rings (SSSR count). The minimum absolute atomic E-state index is 0.0347. The van der Waals surface area contributed by atoms with Gasteiger partial charge in [0, 0.05) is 22.1 Å². The van der Waals surface area contributed by atoms with Crippen LogP contribution in [0, 0.1) is 17.7 Å². The molecule has 0 saturated heterocycles. The van der Waals surface area contributed by atoms with E-state index in [1.165, 1.54) is 17.7 Å². The Morgan fingerprint density at radius 3 is 2.16 bits per heavy atom. The van der Waals surface area contributed by atoms with Gasteiger partial charge in [-0.3, -0.25) is 0 Å². The van der Waals surface area contributed by atoms with Crippen LogP contribution in [0.1, 0.15) is 23.6 Å². The summed E-state index contributed by atoms with van der Waals surface area (Å²) in [5.41, 5.74) is 3.97. The lowest BCUT2D eigenvalue weighted by molar-refractivity contribution is -0.0498. The molecule has 0 aliphatic rings. The number of fused-ring (bicyclic) bond motifs is 1. The Kier molecular flexibility index (Phi) is 5.95. The minimum Gasteiger partial charge on any atom is -0.435 e. The van der Waals surface area contributed by atoms with E-state index in [-0.39, 0.29) is 11.6 Å². The van der Waals surface area contributed by atoms with Gasteiger partial charge in [-0.05, 0) is 59.3 Å². The molecule has 1 nitrogen and oxygen atoms in total. The Hall–Kier alpha value is -3.71. The molecule has 0 heterocycles. The van der Waals surface area contributed by atoms with Gasteiger partial charge in [-0.15, -0.1) is 0 Å². The van der Waals surface area contributed by atoms with E-state index in [9.17, 15) is 8.78 Å². The Balaban J connectivity index is 1.61. The van der Waals surface area contributed by atoms with Crippen molar-refractivity contribution in [3.05, 3.63) is 101 Å². The predicted molar refractivity (Wildman–Crippen MR) is 118 cm³/mol. The average molecular weight is 416 g/mol. The fourth-order valence-electron chi connectivity index (χ4n) is 3.38. The molecule has 4 aromatic carbocycles. The van der Waals surface area contributed by atoms with E-state index in [4.69, 9.17) is 0 Å². The molecule has 31 heavy (non-hydrogen) atoms. The maximum absolute atomic E-state index is 15.1. The summed E-state index contributed by atoms with van der Waals surface area (Å²) >= 11 is 0. The first-order valence-electron chi connectivity index (χ1n) is 9.92. The quantitative estimate of drug-likeness (QED) is 0.319. The van der Waals surface area contributed by atoms with Gasteiger partial charge in [0.2, 0.25) is 0 Å². The standard InChI is InChI=1S/C27H19F3O/c1-2-18-3-5-19(6-4-18)7-8-20-9-15-25-22(17-20)12-16-24(26(25)28)21-10-13-23(14-11-21)31-27(29)30/h3-6,9-17,27H,2H2,1H3. The zero-order valence-electron chi connectivity index (χ0n) is 16.8. The van der Waals surface area contributed by atoms with Gasteiger partial charge in [-0.2, -0.15) is 8.78 Å². The third kappa shape index (κ3) is 4.73. The van der Waals surface area contributed by atoms with Crippen LogP contribution < -0.4 is 4.74 Å². The summed E-state index contributed by atoms with van der Waals surface area (Å²) in [6.45, 7) is -0.784. The van der Waals surface area contributed by atoms with Crippen LogP contribution in [0.5, 0.6) is 5.75 Å². The zero-order chi connectivity index (χ0) is 21.8. The van der Waals surface area contributed by atoms with Crippen LogP contribution in [0.15, 0.2) is 78.9 Å². The minimum atomic E-state index is -2.89. The molecule has 0 aliphatic heterocycles. The van der Waals surface area contributed by atoms with Crippen LogP contribution >= 0.6 is 0 Å². The second-order valence-corrected chi connectivity index (χ2v) is 7.07. The third-order valence-corrected chi connectivity index (χ3v) is 5.06. The maximum Gasteiger partial charge on any atom is 0.387 e. The molecule has 0 spiro atoms. The lowest BCUT2D eigenvalue weighted by Crippen LogP contribution is -2.01. The van der Waals surface area contributed by atoms with E-state index in [1.54, 1.807) is 30.3 Å². The summed E-state index contributed by atoms with van der Waals surface area (Å²) in [6, 6.07) is 22.9. The first-order chi connectivity index (χ1) is 15.0. The Bertz CT molecular complexity index is 1260. The monoisotopic (exact) mass is 416 g/mol. The molecule has 0 saturated carbocycles.